The molecule has 0 fully saturated rings. The Morgan fingerprint density at radius 3 is 2.96 bits per heavy atom. The quantitative estimate of drug-likeness (QED) is 0.874. The van der Waals surface area contributed by atoms with Crippen LogP contribution in [0.15, 0.2) is 35.6 Å². The van der Waals surface area contributed by atoms with Crippen LogP contribution in [0.2, 0.25) is 0 Å². The van der Waals surface area contributed by atoms with E-state index in [-0.39, 0.29) is 5.41 Å². The summed E-state index contributed by atoms with van der Waals surface area (Å²) in [4.78, 5) is 21.3. The molecule has 3 aliphatic rings. The van der Waals surface area contributed by atoms with Gasteiger partial charge in [-0.2, -0.15) is 0 Å². The topological polar surface area (TPSA) is 80.3 Å². The zero-order chi connectivity index (χ0) is 19.1. The van der Waals surface area contributed by atoms with Crippen LogP contribution >= 0.6 is 0 Å². The first-order chi connectivity index (χ1) is 13.7. The Morgan fingerprint density at radius 2 is 2.14 bits per heavy atom. The Bertz CT molecular complexity index is 979. The highest BCUT2D eigenvalue weighted by molar-refractivity contribution is 6.11. The Hall–Kier alpha value is -2.60. The lowest BCUT2D eigenvalue weighted by Gasteiger charge is -2.31. The predicted molar refractivity (Wildman–Crippen MR) is 111 cm³/mol. The minimum atomic E-state index is 0.222. The van der Waals surface area contributed by atoms with Crippen molar-refractivity contribution in [3.8, 4) is 0 Å². The number of hydrogen-bond donors (Lipinski definition) is 1. The maximum absolute atomic E-state index is 5.93. The maximum Gasteiger partial charge on any atom is 0.156 e. The number of allylic oxidation sites excluding steroid dienone is 2. The molecular formula is C22H26N6. The van der Waals surface area contributed by atoms with E-state index in [1.54, 1.807) is 0 Å². The molecule has 0 bridgehead atoms. The van der Waals surface area contributed by atoms with Crippen molar-refractivity contribution in [2.75, 3.05) is 18.0 Å². The van der Waals surface area contributed by atoms with E-state index in [2.05, 4.69) is 29.0 Å². The van der Waals surface area contributed by atoms with Crippen molar-refractivity contribution in [2.45, 2.75) is 45.6 Å². The van der Waals surface area contributed by atoms with Gasteiger partial charge < -0.3 is 10.6 Å². The van der Waals surface area contributed by atoms with Crippen LogP contribution in [0.25, 0.3) is 5.57 Å². The summed E-state index contributed by atoms with van der Waals surface area (Å²) in [6.07, 6.45) is 11.3. The van der Waals surface area contributed by atoms with Gasteiger partial charge in [-0.3, -0.25) is 9.98 Å². The van der Waals surface area contributed by atoms with Crippen LogP contribution in [0.5, 0.6) is 0 Å². The fourth-order valence-electron chi connectivity index (χ4n) is 4.36. The fourth-order valence-corrected chi connectivity index (χ4v) is 4.36. The summed E-state index contributed by atoms with van der Waals surface area (Å²) >= 11 is 0. The molecule has 6 heteroatoms. The van der Waals surface area contributed by atoms with Gasteiger partial charge in [0.05, 0.1) is 35.5 Å². The van der Waals surface area contributed by atoms with Gasteiger partial charge in [0.25, 0.3) is 0 Å². The lowest BCUT2D eigenvalue weighted by atomic mass is 9.76. The molecule has 2 aliphatic heterocycles. The molecule has 0 saturated carbocycles. The third kappa shape index (κ3) is 2.92. The van der Waals surface area contributed by atoms with Crippen molar-refractivity contribution in [1.29, 1.82) is 0 Å². The molecule has 1 atom stereocenters. The van der Waals surface area contributed by atoms with Crippen LogP contribution in [0.3, 0.4) is 0 Å². The zero-order valence-electron chi connectivity index (χ0n) is 16.4. The van der Waals surface area contributed by atoms with Crippen molar-refractivity contribution < 1.29 is 0 Å². The van der Waals surface area contributed by atoms with E-state index >= 15 is 0 Å². The number of rotatable bonds is 2. The molecular weight excluding hydrogens is 348 g/mol. The Kier molecular flexibility index (Phi) is 4.23. The van der Waals surface area contributed by atoms with E-state index < -0.39 is 0 Å². The van der Waals surface area contributed by atoms with Crippen molar-refractivity contribution in [1.82, 2.24) is 15.0 Å². The largest absolute Gasteiger partial charge is 0.330 e. The molecule has 0 saturated heterocycles. The first-order valence-corrected chi connectivity index (χ1v) is 10.2. The predicted octanol–water partition coefficient (Wildman–Crippen LogP) is 3.12. The number of fused-ring (bicyclic) bond motifs is 2. The van der Waals surface area contributed by atoms with Gasteiger partial charge in [-0.25, -0.2) is 9.97 Å². The first-order valence-electron chi connectivity index (χ1n) is 10.2. The normalized spacial score (nSPS) is 23.7. The number of hydrogen-bond acceptors (Lipinski definition) is 6. The molecule has 6 nitrogen and oxygen atoms in total. The van der Waals surface area contributed by atoms with E-state index in [4.69, 9.17) is 20.7 Å². The third-order valence-corrected chi connectivity index (χ3v) is 6.30. The monoisotopic (exact) mass is 374 g/mol. The van der Waals surface area contributed by atoms with Gasteiger partial charge in [0.15, 0.2) is 5.84 Å². The van der Waals surface area contributed by atoms with E-state index in [0.29, 0.717) is 6.54 Å². The zero-order valence-corrected chi connectivity index (χ0v) is 16.4. The van der Waals surface area contributed by atoms with Gasteiger partial charge in [0.1, 0.15) is 5.69 Å². The maximum atomic E-state index is 5.93. The smallest absolute Gasteiger partial charge is 0.156 e. The van der Waals surface area contributed by atoms with Gasteiger partial charge in [-0.15, -0.1) is 0 Å². The lowest BCUT2D eigenvalue weighted by Crippen LogP contribution is -2.36. The molecule has 0 unspecified atom stereocenters. The molecule has 0 amide bonds. The standard InChI is InChI=1S/C22H26N6/c1-22(14-23)8-6-15(7-9-22)17-12-25-20-18(27-17)13-26-21(20)28-11-3-4-16-19(28)5-2-10-24-16/h2,5-6,10,12H,3-4,7-9,11,13-14,23H2,1H3/t22-/m1/s1. The summed E-state index contributed by atoms with van der Waals surface area (Å²) in [6, 6.07) is 4.12. The summed E-state index contributed by atoms with van der Waals surface area (Å²) in [5.41, 5.74) is 12.6. The molecule has 0 spiro atoms. The Labute approximate surface area is 165 Å². The van der Waals surface area contributed by atoms with E-state index in [1.807, 2.05) is 18.5 Å². The number of aliphatic imine (C=N–C) groups is 1. The highest BCUT2D eigenvalue weighted by Gasteiger charge is 2.30. The Morgan fingerprint density at radius 1 is 1.21 bits per heavy atom. The van der Waals surface area contributed by atoms with Crippen molar-refractivity contribution in [3.05, 3.63) is 53.4 Å². The second-order valence-electron chi connectivity index (χ2n) is 8.36. The number of nitrogens with zero attached hydrogens (tertiary/aromatic N) is 5. The average molecular weight is 374 g/mol. The Balaban J connectivity index is 1.42. The lowest BCUT2D eigenvalue weighted by molar-refractivity contribution is 0.307. The van der Waals surface area contributed by atoms with Crippen molar-refractivity contribution in [3.63, 3.8) is 0 Å². The molecule has 0 radical (unpaired) electrons. The molecule has 2 aromatic heterocycles. The SMILES string of the molecule is C[C@@]1(CN)CC=C(c2cnc3c(n2)CN=C3N2CCCc3ncccc32)CC1. The van der Waals surface area contributed by atoms with Crippen molar-refractivity contribution in [2.24, 2.45) is 16.1 Å². The second kappa shape index (κ2) is 6.78. The molecule has 5 rings (SSSR count). The number of aromatic nitrogens is 3. The summed E-state index contributed by atoms with van der Waals surface area (Å²) < 4.78 is 0. The van der Waals surface area contributed by atoms with Gasteiger partial charge in [0.2, 0.25) is 0 Å². The molecule has 2 aromatic rings. The van der Waals surface area contributed by atoms with Crippen LogP contribution in [0.4, 0.5) is 5.69 Å². The summed E-state index contributed by atoms with van der Waals surface area (Å²) in [5, 5.41) is 0. The van der Waals surface area contributed by atoms with Gasteiger partial charge in [0, 0.05) is 12.7 Å². The van der Waals surface area contributed by atoms with Gasteiger partial charge in [-0.05, 0) is 61.8 Å². The number of nitrogens with two attached hydrogens (primary N) is 1. The highest BCUT2D eigenvalue weighted by atomic mass is 15.2. The van der Waals surface area contributed by atoms with Crippen LogP contribution in [-0.2, 0) is 13.0 Å². The molecule has 0 aromatic carbocycles. The molecule has 28 heavy (non-hydrogen) atoms. The van der Waals surface area contributed by atoms with Gasteiger partial charge in [-0.1, -0.05) is 13.0 Å². The summed E-state index contributed by atoms with van der Waals surface area (Å²) in [7, 11) is 0. The minimum Gasteiger partial charge on any atom is -0.330 e. The van der Waals surface area contributed by atoms with Crippen LogP contribution in [0, 0.1) is 5.41 Å². The van der Waals surface area contributed by atoms with E-state index in [1.165, 1.54) is 5.57 Å². The number of pyridine rings is 1. The molecule has 2 N–H and O–H groups in total. The number of amidine groups is 1. The third-order valence-electron chi connectivity index (χ3n) is 6.30. The van der Waals surface area contributed by atoms with Crippen LogP contribution in [0.1, 0.15) is 55.4 Å². The van der Waals surface area contributed by atoms with Crippen LogP contribution in [-0.4, -0.2) is 33.9 Å². The number of anilines is 1. The second-order valence-corrected chi connectivity index (χ2v) is 8.36. The summed E-state index contributed by atoms with van der Waals surface area (Å²) in [6.45, 7) is 4.55. The first kappa shape index (κ1) is 17.5. The molecule has 4 heterocycles. The minimum absolute atomic E-state index is 0.222. The molecule has 1 aliphatic carbocycles. The van der Waals surface area contributed by atoms with E-state index in [0.717, 1.165) is 79.5 Å². The average Bonchev–Trinajstić information content (AvgIpc) is 3.17. The van der Waals surface area contributed by atoms with E-state index in [9.17, 15) is 0 Å². The molecule has 144 valence electrons. The van der Waals surface area contributed by atoms with Crippen LogP contribution < -0.4 is 10.6 Å². The summed E-state index contributed by atoms with van der Waals surface area (Å²) in [5.74, 6) is 0.941. The van der Waals surface area contributed by atoms with Gasteiger partial charge >= 0.3 is 0 Å². The van der Waals surface area contributed by atoms with Crippen molar-refractivity contribution >= 4 is 17.1 Å². The fraction of sp³-hybridized carbons (Fsp3) is 0.455. The highest BCUT2D eigenvalue weighted by Crippen LogP contribution is 2.37. The number of aryl methyl sites for hydroxylation is 1.